The Bertz CT molecular complexity index is 562. The minimum atomic E-state index is 0.214. The van der Waals surface area contributed by atoms with E-state index in [1.807, 2.05) is 43.1 Å². The average molecular weight is 287 g/mol. The monoisotopic (exact) mass is 287 g/mol. The van der Waals surface area contributed by atoms with E-state index in [0.717, 1.165) is 28.7 Å². The predicted molar refractivity (Wildman–Crippen MR) is 88.1 cm³/mol. The van der Waals surface area contributed by atoms with E-state index in [2.05, 4.69) is 48.2 Å². The molecule has 0 saturated carbocycles. The van der Waals surface area contributed by atoms with Crippen LogP contribution < -0.4 is 5.32 Å². The van der Waals surface area contributed by atoms with Crippen LogP contribution in [0.1, 0.15) is 26.6 Å². The summed E-state index contributed by atoms with van der Waals surface area (Å²) in [6, 6.07) is 12.2. The molecule has 3 nitrogen and oxygen atoms in total. The van der Waals surface area contributed by atoms with Crippen LogP contribution in [0.15, 0.2) is 36.4 Å². The molecule has 1 aromatic carbocycles. The Balaban J connectivity index is 2.30. The lowest BCUT2D eigenvalue weighted by Gasteiger charge is -2.17. The average Bonchev–Trinajstić information content (AvgIpc) is 2.45. The van der Waals surface area contributed by atoms with E-state index in [0.29, 0.717) is 0 Å². The third-order valence-electron chi connectivity index (χ3n) is 2.73. The van der Waals surface area contributed by atoms with E-state index in [-0.39, 0.29) is 4.75 Å². The molecule has 1 N–H and O–H groups in total. The van der Waals surface area contributed by atoms with Crippen molar-refractivity contribution >= 4 is 17.6 Å². The number of nitrogens with zero attached hydrogens (tertiary/aromatic N) is 2. The number of aromatic nitrogens is 2. The SMILES string of the molecule is CNc1cc(-c2ccccc2)nc(CSC(C)(C)C)n1. The maximum Gasteiger partial charge on any atom is 0.141 e. The van der Waals surface area contributed by atoms with Gasteiger partial charge in [-0.15, -0.1) is 11.8 Å². The van der Waals surface area contributed by atoms with Crippen LogP contribution in [0.4, 0.5) is 5.82 Å². The van der Waals surface area contributed by atoms with E-state index >= 15 is 0 Å². The minimum Gasteiger partial charge on any atom is -0.373 e. The lowest BCUT2D eigenvalue weighted by Crippen LogP contribution is -2.09. The molecule has 0 saturated heterocycles. The molecular weight excluding hydrogens is 266 g/mol. The maximum atomic E-state index is 4.68. The maximum absolute atomic E-state index is 4.68. The van der Waals surface area contributed by atoms with Crippen LogP contribution in [0, 0.1) is 0 Å². The number of benzene rings is 1. The van der Waals surface area contributed by atoms with Crippen molar-refractivity contribution in [2.45, 2.75) is 31.3 Å². The van der Waals surface area contributed by atoms with Crippen LogP contribution >= 0.6 is 11.8 Å². The highest BCUT2D eigenvalue weighted by molar-refractivity contribution is 7.99. The first kappa shape index (κ1) is 14.9. The summed E-state index contributed by atoms with van der Waals surface area (Å²) in [6.45, 7) is 6.62. The van der Waals surface area contributed by atoms with E-state index in [1.54, 1.807) is 0 Å². The number of anilines is 1. The van der Waals surface area contributed by atoms with Gasteiger partial charge in [0.05, 0.1) is 11.4 Å². The van der Waals surface area contributed by atoms with E-state index in [4.69, 9.17) is 0 Å². The van der Waals surface area contributed by atoms with Crippen molar-refractivity contribution in [1.29, 1.82) is 0 Å². The highest BCUT2D eigenvalue weighted by Crippen LogP contribution is 2.27. The highest BCUT2D eigenvalue weighted by atomic mass is 32.2. The van der Waals surface area contributed by atoms with Gasteiger partial charge in [0.15, 0.2) is 0 Å². The molecule has 0 bridgehead atoms. The van der Waals surface area contributed by atoms with Gasteiger partial charge in [-0.3, -0.25) is 0 Å². The molecule has 1 aromatic heterocycles. The van der Waals surface area contributed by atoms with Crippen LogP contribution in [0.2, 0.25) is 0 Å². The normalized spacial score (nSPS) is 11.4. The zero-order valence-corrected chi connectivity index (χ0v) is 13.3. The summed E-state index contributed by atoms with van der Waals surface area (Å²) in [6.07, 6.45) is 0. The van der Waals surface area contributed by atoms with Crippen molar-refractivity contribution in [1.82, 2.24) is 9.97 Å². The Morgan fingerprint density at radius 2 is 1.80 bits per heavy atom. The quantitative estimate of drug-likeness (QED) is 0.913. The second-order valence-corrected chi connectivity index (χ2v) is 7.37. The van der Waals surface area contributed by atoms with Crippen molar-refractivity contribution in [3.63, 3.8) is 0 Å². The standard InChI is InChI=1S/C16H21N3S/c1-16(2,3)20-11-15-18-13(10-14(17-4)19-15)12-8-6-5-7-9-12/h5-10H,11H2,1-4H3,(H,17,18,19). The van der Waals surface area contributed by atoms with Crippen molar-refractivity contribution in [3.8, 4) is 11.3 Å². The van der Waals surface area contributed by atoms with Crippen molar-refractivity contribution in [3.05, 3.63) is 42.2 Å². The second-order valence-electron chi connectivity index (χ2n) is 5.57. The third-order valence-corrected chi connectivity index (χ3v) is 4.00. The Hall–Kier alpha value is -1.55. The van der Waals surface area contributed by atoms with Crippen LogP contribution in [0.3, 0.4) is 0 Å². The lowest BCUT2D eigenvalue weighted by atomic mass is 10.1. The predicted octanol–water partition coefficient (Wildman–Crippen LogP) is 4.22. The van der Waals surface area contributed by atoms with E-state index in [9.17, 15) is 0 Å². The Morgan fingerprint density at radius 1 is 1.10 bits per heavy atom. The number of hydrogen-bond donors (Lipinski definition) is 1. The lowest BCUT2D eigenvalue weighted by molar-refractivity contribution is 0.800. The molecule has 2 aromatic rings. The van der Waals surface area contributed by atoms with Gasteiger partial charge in [-0.2, -0.15) is 0 Å². The summed E-state index contributed by atoms with van der Waals surface area (Å²) in [5.74, 6) is 2.55. The smallest absolute Gasteiger partial charge is 0.141 e. The Labute approximate surface area is 125 Å². The first-order valence-corrected chi connectivity index (χ1v) is 7.71. The summed E-state index contributed by atoms with van der Waals surface area (Å²) in [5, 5.41) is 3.11. The molecule has 4 heteroatoms. The third kappa shape index (κ3) is 4.23. The fourth-order valence-corrected chi connectivity index (χ4v) is 2.42. The Kier molecular flexibility index (Phi) is 4.65. The van der Waals surface area contributed by atoms with Gasteiger partial charge >= 0.3 is 0 Å². The molecule has 2 rings (SSSR count). The van der Waals surface area contributed by atoms with Gasteiger partial charge in [-0.25, -0.2) is 9.97 Å². The summed E-state index contributed by atoms with van der Waals surface area (Å²) >= 11 is 1.86. The second kappa shape index (κ2) is 6.27. The van der Waals surface area contributed by atoms with Crippen LogP contribution in [-0.4, -0.2) is 21.8 Å². The van der Waals surface area contributed by atoms with Crippen LogP contribution in [0.5, 0.6) is 0 Å². The van der Waals surface area contributed by atoms with Gasteiger partial charge in [0.1, 0.15) is 11.6 Å². The summed E-state index contributed by atoms with van der Waals surface area (Å²) < 4.78 is 0.214. The summed E-state index contributed by atoms with van der Waals surface area (Å²) in [5.41, 5.74) is 2.09. The molecule has 0 fully saturated rings. The molecule has 0 unspecified atom stereocenters. The van der Waals surface area contributed by atoms with Gasteiger partial charge in [-0.1, -0.05) is 51.1 Å². The van der Waals surface area contributed by atoms with Gasteiger partial charge < -0.3 is 5.32 Å². The number of thioether (sulfide) groups is 1. The van der Waals surface area contributed by atoms with Crippen molar-refractivity contribution in [2.24, 2.45) is 0 Å². The van der Waals surface area contributed by atoms with E-state index in [1.165, 1.54) is 0 Å². The molecule has 0 aliphatic heterocycles. The van der Waals surface area contributed by atoms with Crippen LogP contribution in [0.25, 0.3) is 11.3 Å². The molecule has 0 amide bonds. The van der Waals surface area contributed by atoms with Crippen LogP contribution in [-0.2, 0) is 5.75 Å². The zero-order chi connectivity index (χ0) is 14.6. The summed E-state index contributed by atoms with van der Waals surface area (Å²) in [7, 11) is 1.89. The van der Waals surface area contributed by atoms with Gasteiger partial charge in [-0.05, 0) is 0 Å². The fraction of sp³-hybridized carbons (Fsp3) is 0.375. The Morgan fingerprint density at radius 3 is 2.40 bits per heavy atom. The highest BCUT2D eigenvalue weighted by Gasteiger charge is 2.13. The van der Waals surface area contributed by atoms with E-state index < -0.39 is 0 Å². The van der Waals surface area contributed by atoms with Crippen molar-refractivity contribution < 1.29 is 0 Å². The van der Waals surface area contributed by atoms with Gasteiger partial charge in [0.25, 0.3) is 0 Å². The van der Waals surface area contributed by atoms with Crippen molar-refractivity contribution in [2.75, 3.05) is 12.4 Å². The van der Waals surface area contributed by atoms with Gasteiger partial charge in [0, 0.05) is 23.4 Å². The molecule has 0 spiro atoms. The fourth-order valence-electron chi connectivity index (χ4n) is 1.73. The molecule has 20 heavy (non-hydrogen) atoms. The first-order valence-electron chi connectivity index (χ1n) is 6.73. The minimum absolute atomic E-state index is 0.214. The first-order chi connectivity index (χ1) is 9.48. The molecule has 0 atom stereocenters. The largest absolute Gasteiger partial charge is 0.373 e. The number of rotatable bonds is 4. The molecule has 1 heterocycles. The molecule has 0 radical (unpaired) electrons. The molecule has 106 valence electrons. The topological polar surface area (TPSA) is 37.8 Å². The zero-order valence-electron chi connectivity index (χ0n) is 12.5. The molecule has 0 aliphatic rings. The molecular formula is C16H21N3S. The summed E-state index contributed by atoms with van der Waals surface area (Å²) in [4.78, 5) is 9.22. The number of hydrogen-bond acceptors (Lipinski definition) is 4. The molecule has 0 aliphatic carbocycles. The number of nitrogens with one attached hydrogen (secondary N) is 1. The van der Waals surface area contributed by atoms with Gasteiger partial charge in [0.2, 0.25) is 0 Å².